The molecule has 0 radical (unpaired) electrons. The first-order valence-corrected chi connectivity index (χ1v) is 7.18. The summed E-state index contributed by atoms with van der Waals surface area (Å²) in [4.78, 5) is 2.40. The van der Waals surface area contributed by atoms with Crippen molar-refractivity contribution in [3.63, 3.8) is 0 Å². The molecule has 0 aromatic heterocycles. The molecule has 0 bridgehead atoms. The highest BCUT2D eigenvalue weighted by atomic mass is 16.5. The molecule has 19 heavy (non-hydrogen) atoms. The fourth-order valence-electron chi connectivity index (χ4n) is 2.89. The van der Waals surface area contributed by atoms with Crippen molar-refractivity contribution < 1.29 is 9.84 Å². The van der Waals surface area contributed by atoms with Crippen molar-refractivity contribution >= 4 is 0 Å². The Labute approximate surface area is 116 Å². The number of β-amino-alcohol motifs (C(OH)–C–C–N with tert-alkyl or cyclic N) is 1. The maximum atomic E-state index is 9.94. The number of ether oxygens (including phenoxy) is 1. The first kappa shape index (κ1) is 14.5. The van der Waals surface area contributed by atoms with E-state index in [0.717, 1.165) is 6.54 Å². The zero-order valence-electron chi connectivity index (χ0n) is 12.0. The highest BCUT2D eigenvalue weighted by Crippen LogP contribution is 2.30. The standard InChI is InChI=1S/C16H25NO2/c1-13-6-8-14(9-7-13)16-5-3-4-10-17(16)11-15(18)12-19-2/h6-9,15-16,18H,3-5,10-12H2,1-2H3/t15-,16-/m1/s1. The number of aliphatic hydroxyl groups excluding tert-OH is 1. The predicted octanol–water partition coefficient (Wildman–Crippen LogP) is 2.53. The van der Waals surface area contributed by atoms with Gasteiger partial charge in [-0.15, -0.1) is 0 Å². The van der Waals surface area contributed by atoms with Crippen LogP contribution in [-0.2, 0) is 4.74 Å². The molecule has 1 aliphatic heterocycles. The van der Waals surface area contributed by atoms with Gasteiger partial charge in [-0.3, -0.25) is 4.90 Å². The van der Waals surface area contributed by atoms with E-state index in [2.05, 4.69) is 36.1 Å². The Hall–Kier alpha value is -0.900. The highest BCUT2D eigenvalue weighted by Gasteiger charge is 2.25. The van der Waals surface area contributed by atoms with Gasteiger partial charge in [-0.1, -0.05) is 36.2 Å². The van der Waals surface area contributed by atoms with Crippen LogP contribution in [0.25, 0.3) is 0 Å². The summed E-state index contributed by atoms with van der Waals surface area (Å²) in [5, 5.41) is 9.94. The molecule has 2 rings (SSSR count). The Bertz CT molecular complexity index is 377. The highest BCUT2D eigenvalue weighted by molar-refractivity contribution is 5.24. The third-order valence-corrected chi connectivity index (χ3v) is 3.88. The van der Waals surface area contributed by atoms with Crippen LogP contribution in [0.15, 0.2) is 24.3 Å². The van der Waals surface area contributed by atoms with Crippen LogP contribution in [0.2, 0.25) is 0 Å². The third kappa shape index (κ3) is 4.03. The SMILES string of the molecule is COC[C@H](O)CN1CCCC[C@@H]1c1ccc(C)cc1. The molecule has 1 aromatic carbocycles. The van der Waals surface area contributed by atoms with Crippen LogP contribution in [-0.4, -0.2) is 42.9 Å². The fraction of sp³-hybridized carbons (Fsp3) is 0.625. The van der Waals surface area contributed by atoms with E-state index in [9.17, 15) is 5.11 Å². The Morgan fingerprint density at radius 2 is 2.05 bits per heavy atom. The minimum atomic E-state index is -0.393. The Balaban J connectivity index is 2.05. The second kappa shape index (κ2) is 7.04. The van der Waals surface area contributed by atoms with Gasteiger partial charge in [0.05, 0.1) is 12.7 Å². The van der Waals surface area contributed by atoms with Gasteiger partial charge >= 0.3 is 0 Å². The lowest BCUT2D eigenvalue weighted by molar-refractivity contribution is 0.0177. The Morgan fingerprint density at radius 3 is 2.74 bits per heavy atom. The monoisotopic (exact) mass is 263 g/mol. The molecule has 1 fully saturated rings. The zero-order valence-corrected chi connectivity index (χ0v) is 12.0. The van der Waals surface area contributed by atoms with Gasteiger partial charge in [0.25, 0.3) is 0 Å². The van der Waals surface area contributed by atoms with Gasteiger partial charge in [0.1, 0.15) is 0 Å². The van der Waals surface area contributed by atoms with Crippen LogP contribution in [0.1, 0.15) is 36.4 Å². The summed E-state index contributed by atoms with van der Waals surface area (Å²) in [6.45, 7) is 4.30. The molecule has 0 unspecified atom stereocenters. The van der Waals surface area contributed by atoms with Crippen LogP contribution < -0.4 is 0 Å². The van der Waals surface area contributed by atoms with Crippen molar-refractivity contribution in [3.05, 3.63) is 35.4 Å². The van der Waals surface area contributed by atoms with Crippen molar-refractivity contribution in [1.29, 1.82) is 0 Å². The van der Waals surface area contributed by atoms with E-state index >= 15 is 0 Å². The second-order valence-electron chi connectivity index (χ2n) is 5.53. The lowest BCUT2D eigenvalue weighted by Crippen LogP contribution is -2.40. The van der Waals surface area contributed by atoms with Crippen LogP contribution in [0.4, 0.5) is 0 Å². The van der Waals surface area contributed by atoms with E-state index in [1.54, 1.807) is 7.11 Å². The fourth-order valence-corrected chi connectivity index (χ4v) is 2.89. The third-order valence-electron chi connectivity index (χ3n) is 3.88. The molecular formula is C16H25NO2. The van der Waals surface area contributed by atoms with Crippen molar-refractivity contribution in [3.8, 4) is 0 Å². The zero-order chi connectivity index (χ0) is 13.7. The predicted molar refractivity (Wildman–Crippen MR) is 77.2 cm³/mol. The molecular weight excluding hydrogens is 238 g/mol. The average Bonchev–Trinajstić information content (AvgIpc) is 2.41. The minimum absolute atomic E-state index is 0.393. The normalized spacial score (nSPS) is 22.4. The number of methoxy groups -OCH3 is 1. The largest absolute Gasteiger partial charge is 0.389 e. The first-order valence-electron chi connectivity index (χ1n) is 7.18. The maximum absolute atomic E-state index is 9.94. The molecule has 106 valence electrons. The number of likely N-dealkylation sites (tertiary alicyclic amines) is 1. The van der Waals surface area contributed by atoms with E-state index in [1.807, 2.05) is 0 Å². The lowest BCUT2D eigenvalue weighted by Gasteiger charge is -2.37. The number of hydrogen-bond donors (Lipinski definition) is 1. The van der Waals surface area contributed by atoms with E-state index in [1.165, 1.54) is 30.4 Å². The summed E-state index contributed by atoms with van der Waals surface area (Å²) in [6.07, 6.45) is 3.29. The number of aryl methyl sites for hydroxylation is 1. The Kier molecular flexibility index (Phi) is 5.37. The summed E-state index contributed by atoms with van der Waals surface area (Å²) in [7, 11) is 1.64. The number of hydrogen-bond acceptors (Lipinski definition) is 3. The van der Waals surface area contributed by atoms with Crippen molar-refractivity contribution in [2.24, 2.45) is 0 Å². The van der Waals surface area contributed by atoms with Crippen LogP contribution in [0.5, 0.6) is 0 Å². The van der Waals surface area contributed by atoms with Crippen LogP contribution >= 0.6 is 0 Å². The molecule has 1 saturated heterocycles. The Morgan fingerprint density at radius 1 is 1.32 bits per heavy atom. The molecule has 1 aliphatic rings. The molecule has 3 heteroatoms. The summed E-state index contributed by atoms with van der Waals surface area (Å²) in [5.74, 6) is 0. The molecule has 1 heterocycles. The molecule has 2 atom stereocenters. The van der Waals surface area contributed by atoms with Crippen LogP contribution in [0.3, 0.4) is 0 Å². The van der Waals surface area contributed by atoms with E-state index in [-0.39, 0.29) is 0 Å². The van der Waals surface area contributed by atoms with Gasteiger partial charge in [-0.25, -0.2) is 0 Å². The summed E-state index contributed by atoms with van der Waals surface area (Å²) < 4.78 is 5.03. The first-order chi connectivity index (χ1) is 9.20. The summed E-state index contributed by atoms with van der Waals surface area (Å²) in [5.41, 5.74) is 2.67. The number of aliphatic hydroxyl groups is 1. The maximum Gasteiger partial charge on any atom is 0.0900 e. The van der Waals surface area contributed by atoms with Crippen molar-refractivity contribution in [2.45, 2.75) is 38.3 Å². The molecule has 1 aromatic rings. The smallest absolute Gasteiger partial charge is 0.0900 e. The second-order valence-corrected chi connectivity index (χ2v) is 5.53. The van der Waals surface area contributed by atoms with Crippen molar-refractivity contribution in [2.75, 3.05) is 26.8 Å². The number of piperidine rings is 1. The van der Waals surface area contributed by atoms with E-state index in [0.29, 0.717) is 19.2 Å². The quantitative estimate of drug-likeness (QED) is 0.886. The van der Waals surface area contributed by atoms with Gasteiger partial charge in [-0.05, 0) is 31.9 Å². The average molecular weight is 263 g/mol. The van der Waals surface area contributed by atoms with Gasteiger partial charge in [0.15, 0.2) is 0 Å². The summed E-state index contributed by atoms with van der Waals surface area (Å²) >= 11 is 0. The summed E-state index contributed by atoms with van der Waals surface area (Å²) in [6, 6.07) is 9.24. The van der Waals surface area contributed by atoms with Crippen molar-refractivity contribution in [1.82, 2.24) is 4.90 Å². The number of benzene rings is 1. The lowest BCUT2D eigenvalue weighted by atomic mass is 9.94. The minimum Gasteiger partial charge on any atom is -0.389 e. The van der Waals surface area contributed by atoms with Gasteiger partial charge in [0.2, 0.25) is 0 Å². The van der Waals surface area contributed by atoms with E-state index in [4.69, 9.17) is 4.74 Å². The van der Waals surface area contributed by atoms with Crippen LogP contribution in [0, 0.1) is 6.92 Å². The van der Waals surface area contributed by atoms with Gasteiger partial charge < -0.3 is 9.84 Å². The molecule has 0 saturated carbocycles. The van der Waals surface area contributed by atoms with Gasteiger partial charge in [-0.2, -0.15) is 0 Å². The van der Waals surface area contributed by atoms with E-state index < -0.39 is 6.10 Å². The van der Waals surface area contributed by atoms with Gasteiger partial charge in [0, 0.05) is 19.7 Å². The molecule has 1 N–H and O–H groups in total. The number of rotatable bonds is 5. The molecule has 0 amide bonds. The topological polar surface area (TPSA) is 32.7 Å². The number of nitrogens with zero attached hydrogens (tertiary/aromatic N) is 1. The molecule has 3 nitrogen and oxygen atoms in total. The molecule has 0 spiro atoms. The molecule has 0 aliphatic carbocycles.